The third kappa shape index (κ3) is 2.35. The molecule has 1 atom stereocenters. The summed E-state index contributed by atoms with van der Waals surface area (Å²) in [7, 11) is 0. The molecule has 0 rings (SSSR count). The molecule has 0 aliphatic rings. The normalized spacial score (nSPS) is 13.6. The third-order valence-corrected chi connectivity index (χ3v) is 1.70. The number of carbonyl (C=O) groups excluding carboxylic acids is 1. The molecule has 0 aromatic carbocycles. The van der Waals surface area contributed by atoms with Gasteiger partial charge in [0.15, 0.2) is 0 Å². The van der Waals surface area contributed by atoms with Crippen LogP contribution in [0.4, 0.5) is 0 Å². The van der Waals surface area contributed by atoms with Crippen LogP contribution in [-0.4, -0.2) is 30.0 Å². The highest BCUT2D eigenvalue weighted by Crippen LogP contribution is 1.95. The van der Waals surface area contributed by atoms with Crippen molar-refractivity contribution in [2.45, 2.75) is 26.8 Å². The van der Waals surface area contributed by atoms with Crippen molar-refractivity contribution in [1.82, 2.24) is 4.90 Å². The van der Waals surface area contributed by atoms with Crippen LogP contribution in [0.15, 0.2) is 0 Å². The lowest BCUT2D eigenvalue weighted by Crippen LogP contribution is -2.46. The Labute approximate surface area is 61.6 Å². The van der Waals surface area contributed by atoms with E-state index in [9.17, 15) is 9.90 Å². The molecule has 0 fully saturated rings. The van der Waals surface area contributed by atoms with Crippen molar-refractivity contribution in [3.8, 4) is 0 Å². The molecule has 0 saturated heterocycles. The van der Waals surface area contributed by atoms with E-state index >= 15 is 0 Å². The van der Waals surface area contributed by atoms with Gasteiger partial charge < -0.3 is 9.90 Å². The van der Waals surface area contributed by atoms with Gasteiger partial charge in [-0.15, -0.1) is 0 Å². The first kappa shape index (κ1) is 9.43. The fourth-order valence-electron chi connectivity index (χ4n) is 0.920. The van der Waals surface area contributed by atoms with Gasteiger partial charge in [0.05, 0.1) is 5.97 Å². The molecule has 0 bridgehead atoms. The second kappa shape index (κ2) is 4.28. The van der Waals surface area contributed by atoms with Gasteiger partial charge in [0.1, 0.15) is 0 Å². The highest BCUT2D eigenvalue weighted by Gasteiger charge is 2.09. The number of nitrogens with zero attached hydrogens (tertiary/aromatic N) is 1. The number of aliphatic carboxylic acids is 1. The number of hydrogen-bond donors (Lipinski definition) is 0. The SMILES string of the molecule is CCN(CC)C(C)C(=O)[O-]. The summed E-state index contributed by atoms with van der Waals surface area (Å²) in [6.07, 6.45) is 0. The van der Waals surface area contributed by atoms with Crippen LogP contribution in [0.2, 0.25) is 0 Å². The van der Waals surface area contributed by atoms with Gasteiger partial charge in [0.2, 0.25) is 0 Å². The summed E-state index contributed by atoms with van der Waals surface area (Å²) >= 11 is 0. The fourth-order valence-corrected chi connectivity index (χ4v) is 0.920. The maximum Gasteiger partial charge on any atom is 0.0583 e. The van der Waals surface area contributed by atoms with Gasteiger partial charge in [-0.1, -0.05) is 13.8 Å². The molecule has 3 heteroatoms. The molecule has 0 aliphatic heterocycles. The molecule has 0 saturated carbocycles. The molecule has 10 heavy (non-hydrogen) atoms. The lowest BCUT2D eigenvalue weighted by atomic mass is 10.3. The number of carbonyl (C=O) groups is 1. The zero-order chi connectivity index (χ0) is 8.15. The van der Waals surface area contributed by atoms with Crippen molar-refractivity contribution >= 4 is 5.97 Å². The predicted octanol–water partition coefficient (Wildman–Crippen LogP) is -0.533. The van der Waals surface area contributed by atoms with Gasteiger partial charge in [0, 0.05) is 6.04 Å². The van der Waals surface area contributed by atoms with E-state index < -0.39 is 12.0 Å². The van der Waals surface area contributed by atoms with Crippen LogP contribution in [0.1, 0.15) is 20.8 Å². The largest absolute Gasteiger partial charge is 0.548 e. The smallest absolute Gasteiger partial charge is 0.0583 e. The Kier molecular flexibility index (Phi) is 4.03. The van der Waals surface area contributed by atoms with E-state index in [1.54, 1.807) is 6.92 Å². The molecular formula is C7H14NO2-. The Morgan fingerprint density at radius 2 is 1.90 bits per heavy atom. The maximum atomic E-state index is 10.3. The van der Waals surface area contributed by atoms with E-state index in [2.05, 4.69) is 0 Å². The van der Waals surface area contributed by atoms with Gasteiger partial charge in [-0.05, 0) is 20.0 Å². The minimum Gasteiger partial charge on any atom is -0.548 e. The first-order chi connectivity index (χ1) is 4.63. The van der Waals surface area contributed by atoms with E-state index in [1.807, 2.05) is 18.7 Å². The van der Waals surface area contributed by atoms with E-state index in [-0.39, 0.29) is 0 Å². The van der Waals surface area contributed by atoms with Crippen LogP contribution < -0.4 is 5.11 Å². The number of carboxylic acid groups (broad SMARTS) is 1. The Morgan fingerprint density at radius 3 is 2.00 bits per heavy atom. The van der Waals surface area contributed by atoms with E-state index in [0.29, 0.717) is 0 Å². The second-order valence-corrected chi connectivity index (χ2v) is 2.22. The first-order valence-electron chi connectivity index (χ1n) is 3.58. The lowest BCUT2D eigenvalue weighted by molar-refractivity contribution is -0.311. The Bertz CT molecular complexity index is 110. The molecular weight excluding hydrogens is 130 g/mol. The summed E-state index contributed by atoms with van der Waals surface area (Å²) in [5.41, 5.74) is 0. The predicted molar refractivity (Wildman–Crippen MR) is 37.4 cm³/mol. The zero-order valence-corrected chi connectivity index (χ0v) is 6.76. The topological polar surface area (TPSA) is 43.4 Å². The number of likely N-dealkylation sites (N-methyl/N-ethyl adjacent to an activating group) is 1. The summed E-state index contributed by atoms with van der Waals surface area (Å²) in [4.78, 5) is 12.1. The summed E-state index contributed by atoms with van der Waals surface area (Å²) in [5, 5.41) is 10.3. The molecule has 0 N–H and O–H groups in total. The van der Waals surface area contributed by atoms with Crippen LogP contribution in [0.25, 0.3) is 0 Å². The van der Waals surface area contributed by atoms with E-state index in [1.165, 1.54) is 0 Å². The molecule has 60 valence electrons. The minimum atomic E-state index is -0.997. The van der Waals surface area contributed by atoms with Crippen LogP contribution in [0.3, 0.4) is 0 Å². The lowest BCUT2D eigenvalue weighted by Gasteiger charge is -2.26. The average Bonchev–Trinajstić information content (AvgIpc) is 1.90. The number of hydrogen-bond acceptors (Lipinski definition) is 3. The standard InChI is InChI=1S/C7H15NO2/c1-4-8(5-2)6(3)7(9)10/h6H,4-5H2,1-3H3,(H,9,10)/p-1. The van der Waals surface area contributed by atoms with E-state index in [0.717, 1.165) is 13.1 Å². The number of carboxylic acids is 1. The number of rotatable bonds is 4. The molecule has 0 amide bonds. The minimum absolute atomic E-state index is 0.463. The van der Waals surface area contributed by atoms with Crippen LogP contribution in [0.5, 0.6) is 0 Å². The average molecular weight is 144 g/mol. The molecule has 3 nitrogen and oxygen atoms in total. The molecule has 1 unspecified atom stereocenters. The zero-order valence-electron chi connectivity index (χ0n) is 6.76. The monoisotopic (exact) mass is 144 g/mol. The molecule has 0 radical (unpaired) electrons. The van der Waals surface area contributed by atoms with Gasteiger partial charge in [-0.25, -0.2) is 0 Å². The second-order valence-electron chi connectivity index (χ2n) is 2.22. The van der Waals surface area contributed by atoms with Gasteiger partial charge in [0.25, 0.3) is 0 Å². The highest BCUT2D eigenvalue weighted by atomic mass is 16.4. The van der Waals surface area contributed by atoms with Crippen LogP contribution in [0, 0.1) is 0 Å². The van der Waals surface area contributed by atoms with Gasteiger partial charge >= 0.3 is 0 Å². The molecule has 0 aliphatic carbocycles. The molecule has 0 aromatic rings. The van der Waals surface area contributed by atoms with Gasteiger partial charge in [-0.3, -0.25) is 4.90 Å². The summed E-state index contributed by atoms with van der Waals surface area (Å²) in [6.45, 7) is 7.02. The fraction of sp³-hybridized carbons (Fsp3) is 0.857. The summed E-state index contributed by atoms with van der Waals surface area (Å²) in [5.74, 6) is -0.997. The highest BCUT2D eigenvalue weighted by molar-refractivity contribution is 5.70. The van der Waals surface area contributed by atoms with Crippen molar-refractivity contribution in [1.29, 1.82) is 0 Å². The molecule has 0 spiro atoms. The van der Waals surface area contributed by atoms with Crippen LogP contribution in [-0.2, 0) is 4.79 Å². The molecule has 0 heterocycles. The van der Waals surface area contributed by atoms with Crippen molar-refractivity contribution in [3.63, 3.8) is 0 Å². The van der Waals surface area contributed by atoms with Gasteiger partial charge in [-0.2, -0.15) is 0 Å². The van der Waals surface area contributed by atoms with Crippen molar-refractivity contribution in [2.75, 3.05) is 13.1 Å². The Balaban J connectivity index is 3.88. The Hall–Kier alpha value is -0.570. The summed E-state index contributed by atoms with van der Waals surface area (Å²) < 4.78 is 0. The van der Waals surface area contributed by atoms with Crippen LogP contribution >= 0.6 is 0 Å². The Morgan fingerprint density at radius 1 is 1.50 bits per heavy atom. The van der Waals surface area contributed by atoms with Crippen molar-refractivity contribution in [3.05, 3.63) is 0 Å². The maximum absolute atomic E-state index is 10.3. The van der Waals surface area contributed by atoms with E-state index in [4.69, 9.17) is 0 Å². The van der Waals surface area contributed by atoms with Crippen molar-refractivity contribution < 1.29 is 9.90 Å². The molecule has 0 aromatic heterocycles. The third-order valence-electron chi connectivity index (χ3n) is 1.70. The first-order valence-corrected chi connectivity index (χ1v) is 3.58. The van der Waals surface area contributed by atoms with Crippen molar-refractivity contribution in [2.24, 2.45) is 0 Å². The quantitative estimate of drug-likeness (QED) is 0.532. The summed E-state index contributed by atoms with van der Waals surface area (Å²) in [6, 6.07) is -0.463.